The Morgan fingerprint density at radius 2 is 1.71 bits per heavy atom. The van der Waals surface area contributed by atoms with Crippen molar-refractivity contribution in [2.45, 2.75) is 44.9 Å². The number of carbonyl (C=O) groups is 1. The minimum atomic E-state index is 0.135. The molecule has 0 unspecified atom stereocenters. The van der Waals surface area contributed by atoms with Crippen LogP contribution in [0.5, 0.6) is 0 Å². The van der Waals surface area contributed by atoms with Gasteiger partial charge < -0.3 is 10.2 Å². The third-order valence-electron chi connectivity index (χ3n) is 6.64. The number of para-hydroxylation sites is 1. The minimum absolute atomic E-state index is 0.135. The molecule has 0 spiro atoms. The van der Waals surface area contributed by atoms with Crippen LogP contribution in [-0.4, -0.2) is 46.7 Å². The summed E-state index contributed by atoms with van der Waals surface area (Å²) in [6, 6.07) is 14.2. The van der Waals surface area contributed by atoms with Crippen LogP contribution in [0.1, 0.15) is 55.4 Å². The highest BCUT2D eigenvalue weighted by molar-refractivity contribution is 6.06. The first kappa shape index (κ1) is 20.2. The maximum absolute atomic E-state index is 13.3. The summed E-state index contributed by atoms with van der Waals surface area (Å²) in [7, 11) is 0. The minimum Gasteiger partial charge on any atom is -0.357 e. The van der Waals surface area contributed by atoms with E-state index in [0.717, 1.165) is 61.6 Å². The van der Waals surface area contributed by atoms with Crippen molar-refractivity contribution in [2.24, 2.45) is 5.92 Å². The molecule has 162 valence electrons. The Bertz CT molecular complexity index is 1030. The number of aromatic nitrogens is 3. The molecule has 6 nitrogen and oxygen atoms in total. The van der Waals surface area contributed by atoms with E-state index in [2.05, 4.69) is 22.3 Å². The van der Waals surface area contributed by atoms with Crippen molar-refractivity contribution in [3.63, 3.8) is 0 Å². The Balaban J connectivity index is 1.53. The van der Waals surface area contributed by atoms with Crippen LogP contribution in [0.4, 0.5) is 5.82 Å². The molecule has 4 heterocycles. The number of piperidine rings is 1. The van der Waals surface area contributed by atoms with E-state index >= 15 is 0 Å². The van der Waals surface area contributed by atoms with Crippen LogP contribution in [0.15, 0.2) is 42.5 Å². The third-order valence-corrected chi connectivity index (χ3v) is 6.64. The van der Waals surface area contributed by atoms with Crippen LogP contribution < -0.4 is 10.2 Å². The number of carbonyl (C=O) groups excluding carboxylic acids is 1. The van der Waals surface area contributed by atoms with Crippen molar-refractivity contribution in [1.82, 2.24) is 20.1 Å². The molecule has 0 bridgehead atoms. The number of Topliss-reactive ketones (excluding diaryl/α,β-unsaturated/α-hetero) is 1. The fourth-order valence-corrected chi connectivity index (χ4v) is 4.86. The van der Waals surface area contributed by atoms with E-state index in [9.17, 15) is 4.79 Å². The van der Waals surface area contributed by atoms with Crippen LogP contribution in [0.3, 0.4) is 0 Å². The molecular weight excluding hydrogens is 386 g/mol. The fourth-order valence-electron chi connectivity index (χ4n) is 4.86. The van der Waals surface area contributed by atoms with Crippen molar-refractivity contribution >= 4 is 22.6 Å². The van der Waals surface area contributed by atoms with Gasteiger partial charge in [-0.2, -0.15) is 5.10 Å². The summed E-state index contributed by atoms with van der Waals surface area (Å²) in [5, 5.41) is 9.04. The molecule has 2 saturated heterocycles. The molecule has 31 heavy (non-hydrogen) atoms. The Kier molecular flexibility index (Phi) is 5.98. The quantitative estimate of drug-likeness (QED) is 0.625. The predicted molar refractivity (Wildman–Crippen MR) is 124 cm³/mol. The first-order chi connectivity index (χ1) is 15.3. The average molecular weight is 418 g/mol. The van der Waals surface area contributed by atoms with Gasteiger partial charge in [0.15, 0.2) is 11.4 Å². The molecular formula is C25H31N5O. The van der Waals surface area contributed by atoms with E-state index in [1.54, 1.807) is 0 Å². The third kappa shape index (κ3) is 4.35. The zero-order valence-corrected chi connectivity index (χ0v) is 18.1. The van der Waals surface area contributed by atoms with Gasteiger partial charge in [-0.25, -0.2) is 9.67 Å². The van der Waals surface area contributed by atoms with Crippen LogP contribution in [-0.2, 0) is 0 Å². The molecule has 2 aliphatic rings. The molecule has 2 aliphatic heterocycles. The number of pyridine rings is 1. The number of hydrogen-bond acceptors (Lipinski definition) is 5. The smallest absolute Gasteiger partial charge is 0.184 e. The molecule has 1 N–H and O–H groups in total. The molecule has 6 heteroatoms. The van der Waals surface area contributed by atoms with Gasteiger partial charge in [0.05, 0.1) is 11.1 Å². The molecule has 5 rings (SSSR count). The van der Waals surface area contributed by atoms with E-state index in [4.69, 9.17) is 10.1 Å². The highest BCUT2D eigenvalue weighted by atomic mass is 16.1. The van der Waals surface area contributed by atoms with Gasteiger partial charge >= 0.3 is 0 Å². The highest BCUT2D eigenvalue weighted by Gasteiger charge is 2.24. The van der Waals surface area contributed by atoms with Gasteiger partial charge in [0.2, 0.25) is 0 Å². The van der Waals surface area contributed by atoms with Gasteiger partial charge in [-0.05, 0) is 69.0 Å². The van der Waals surface area contributed by atoms with Gasteiger partial charge in [0.1, 0.15) is 11.5 Å². The number of nitrogens with one attached hydrogen (secondary N) is 1. The normalized spacial score (nSPS) is 18.3. The Morgan fingerprint density at radius 1 is 0.968 bits per heavy atom. The van der Waals surface area contributed by atoms with Gasteiger partial charge in [-0.3, -0.25) is 4.79 Å². The number of rotatable bonds is 5. The molecule has 1 aromatic carbocycles. The number of ketones is 1. The predicted octanol–water partition coefficient (Wildman–Crippen LogP) is 4.37. The van der Waals surface area contributed by atoms with Crippen molar-refractivity contribution in [1.29, 1.82) is 0 Å². The molecule has 2 fully saturated rings. The summed E-state index contributed by atoms with van der Waals surface area (Å²) in [6.07, 6.45) is 7.67. The van der Waals surface area contributed by atoms with Crippen molar-refractivity contribution in [3.8, 4) is 5.69 Å². The summed E-state index contributed by atoms with van der Waals surface area (Å²) in [5.41, 5.74) is 2.28. The lowest BCUT2D eigenvalue weighted by atomic mass is 9.91. The largest absolute Gasteiger partial charge is 0.357 e. The fraction of sp³-hybridized carbons (Fsp3) is 0.480. The topological polar surface area (TPSA) is 63.1 Å². The number of anilines is 1. The lowest BCUT2D eigenvalue weighted by Gasteiger charge is -2.21. The lowest BCUT2D eigenvalue weighted by Crippen LogP contribution is -2.29. The van der Waals surface area contributed by atoms with Crippen LogP contribution in [0.25, 0.3) is 16.7 Å². The standard InChI is InChI=1S/C25H31N5O/c31-22(18-19-12-14-26-15-13-19)24-21-10-11-23(29-16-6-1-2-7-17-29)27-25(21)30(28-24)20-8-4-3-5-9-20/h3-5,8-11,19,26H,1-2,6-7,12-18H2. The highest BCUT2D eigenvalue weighted by Crippen LogP contribution is 2.28. The first-order valence-electron chi connectivity index (χ1n) is 11.7. The number of hydrogen-bond donors (Lipinski definition) is 1. The number of fused-ring (bicyclic) bond motifs is 1. The van der Waals surface area contributed by atoms with Crippen LogP contribution in [0, 0.1) is 5.92 Å². The maximum atomic E-state index is 13.3. The van der Waals surface area contributed by atoms with Crippen molar-refractivity contribution < 1.29 is 4.79 Å². The molecule has 0 radical (unpaired) electrons. The second-order valence-electron chi connectivity index (χ2n) is 8.86. The lowest BCUT2D eigenvalue weighted by molar-refractivity contribution is 0.0948. The second-order valence-corrected chi connectivity index (χ2v) is 8.86. The number of benzene rings is 1. The van der Waals surface area contributed by atoms with Crippen LogP contribution >= 0.6 is 0 Å². The van der Waals surface area contributed by atoms with E-state index in [-0.39, 0.29) is 5.78 Å². The summed E-state index contributed by atoms with van der Waals surface area (Å²) in [6.45, 7) is 4.08. The maximum Gasteiger partial charge on any atom is 0.184 e. The zero-order chi connectivity index (χ0) is 21.0. The monoisotopic (exact) mass is 417 g/mol. The van der Waals surface area contributed by atoms with E-state index in [0.29, 0.717) is 18.0 Å². The van der Waals surface area contributed by atoms with E-state index < -0.39 is 0 Å². The first-order valence-corrected chi connectivity index (χ1v) is 11.7. The molecule has 0 aliphatic carbocycles. The molecule has 0 amide bonds. The van der Waals surface area contributed by atoms with Gasteiger partial charge in [0, 0.05) is 19.5 Å². The molecule has 2 aromatic heterocycles. The second kappa shape index (κ2) is 9.18. The SMILES string of the molecule is O=C(CC1CCNCC1)c1nn(-c2ccccc2)c2nc(N3CCCCCC3)ccc12. The van der Waals surface area contributed by atoms with Gasteiger partial charge in [-0.15, -0.1) is 0 Å². The summed E-state index contributed by atoms with van der Waals surface area (Å²) in [5.74, 6) is 1.56. The Labute approximate surface area is 183 Å². The van der Waals surface area contributed by atoms with Gasteiger partial charge in [-0.1, -0.05) is 31.0 Å². The number of nitrogens with zero attached hydrogens (tertiary/aromatic N) is 4. The zero-order valence-electron chi connectivity index (χ0n) is 18.1. The van der Waals surface area contributed by atoms with Crippen LogP contribution in [0.2, 0.25) is 0 Å². The average Bonchev–Trinajstić information content (AvgIpc) is 2.99. The van der Waals surface area contributed by atoms with Gasteiger partial charge in [0.25, 0.3) is 0 Å². The molecule has 0 saturated carbocycles. The Hall–Kier alpha value is -2.73. The van der Waals surface area contributed by atoms with Crippen molar-refractivity contribution in [2.75, 3.05) is 31.1 Å². The molecule has 3 aromatic rings. The Morgan fingerprint density at radius 3 is 2.45 bits per heavy atom. The van der Waals surface area contributed by atoms with E-state index in [1.165, 1.54) is 25.7 Å². The summed E-state index contributed by atoms with van der Waals surface area (Å²) in [4.78, 5) is 20.7. The molecule has 0 atom stereocenters. The summed E-state index contributed by atoms with van der Waals surface area (Å²) < 4.78 is 1.85. The summed E-state index contributed by atoms with van der Waals surface area (Å²) >= 11 is 0. The van der Waals surface area contributed by atoms with E-state index in [1.807, 2.05) is 35.0 Å². The van der Waals surface area contributed by atoms with Crippen molar-refractivity contribution in [3.05, 3.63) is 48.2 Å².